The topological polar surface area (TPSA) is 36.4 Å². The van der Waals surface area contributed by atoms with Crippen LogP contribution < -0.4 is 10.6 Å². The summed E-state index contributed by atoms with van der Waals surface area (Å²) in [6, 6.07) is 5.04. The molecule has 3 nitrogen and oxygen atoms in total. The van der Waals surface area contributed by atoms with E-state index in [0.29, 0.717) is 6.04 Å². The lowest BCUT2D eigenvalue weighted by molar-refractivity contribution is 0.614. The minimum Gasteiger partial charge on any atom is -0.354 e. The average molecular weight is 265 g/mol. The number of aryl methyl sites for hydroxylation is 1. The summed E-state index contributed by atoms with van der Waals surface area (Å²) in [7, 11) is 1.84. The van der Waals surface area contributed by atoms with E-state index in [1.54, 1.807) is 0 Å². The van der Waals surface area contributed by atoms with Crippen LogP contribution in [-0.2, 0) is 13.0 Å². The first-order valence-corrected chi connectivity index (χ1v) is 7.68. The summed E-state index contributed by atoms with van der Waals surface area (Å²) in [5.41, 5.74) is 0. The van der Waals surface area contributed by atoms with E-state index in [4.69, 9.17) is 0 Å². The van der Waals surface area contributed by atoms with Gasteiger partial charge in [-0.1, -0.05) is 19.8 Å². The van der Waals surface area contributed by atoms with E-state index >= 15 is 0 Å². The monoisotopic (exact) mass is 265 g/mol. The van der Waals surface area contributed by atoms with Gasteiger partial charge in [-0.05, 0) is 31.4 Å². The molecule has 1 aromatic rings. The van der Waals surface area contributed by atoms with E-state index in [9.17, 15) is 0 Å². The normalized spacial score (nSPS) is 17.1. The van der Waals surface area contributed by atoms with Gasteiger partial charge in [0.05, 0.1) is 6.54 Å². The van der Waals surface area contributed by atoms with E-state index in [-0.39, 0.29) is 0 Å². The van der Waals surface area contributed by atoms with Crippen LogP contribution in [0.25, 0.3) is 0 Å². The van der Waals surface area contributed by atoms with Crippen molar-refractivity contribution in [2.45, 2.75) is 51.6 Å². The molecule has 0 amide bonds. The van der Waals surface area contributed by atoms with Gasteiger partial charge in [-0.15, -0.1) is 11.3 Å². The summed E-state index contributed by atoms with van der Waals surface area (Å²) in [5.74, 6) is 0.938. The minimum absolute atomic E-state index is 0.616. The quantitative estimate of drug-likeness (QED) is 0.649. The number of thiophene rings is 1. The Bertz CT molecular complexity index is 391. The van der Waals surface area contributed by atoms with Gasteiger partial charge in [-0.3, -0.25) is 4.99 Å². The first-order chi connectivity index (χ1) is 8.81. The molecule has 4 heteroatoms. The molecular formula is C14H23N3S. The van der Waals surface area contributed by atoms with Gasteiger partial charge < -0.3 is 10.6 Å². The standard InChI is InChI=1S/C14H23N3S/c1-3-12-8-9-13(18-12)10-16-14(15-2)17-11-6-4-5-7-11/h8-9,11H,3-7,10H2,1-2H3,(H2,15,16,17). The van der Waals surface area contributed by atoms with Crippen LogP contribution in [0.3, 0.4) is 0 Å². The molecule has 1 heterocycles. The molecule has 0 saturated heterocycles. The van der Waals surface area contributed by atoms with Crippen LogP contribution in [0.4, 0.5) is 0 Å². The van der Waals surface area contributed by atoms with Crippen molar-refractivity contribution in [3.05, 3.63) is 21.9 Å². The molecule has 0 aliphatic heterocycles. The van der Waals surface area contributed by atoms with Gasteiger partial charge in [0.25, 0.3) is 0 Å². The lowest BCUT2D eigenvalue weighted by Crippen LogP contribution is -2.41. The predicted molar refractivity (Wildman–Crippen MR) is 79.3 cm³/mol. The van der Waals surface area contributed by atoms with Crippen molar-refractivity contribution < 1.29 is 0 Å². The van der Waals surface area contributed by atoms with Crippen molar-refractivity contribution in [2.24, 2.45) is 4.99 Å². The Hall–Kier alpha value is -1.03. The summed E-state index contributed by atoms with van der Waals surface area (Å²) in [6.45, 7) is 3.07. The largest absolute Gasteiger partial charge is 0.354 e. The highest BCUT2D eigenvalue weighted by Crippen LogP contribution is 2.18. The third-order valence-corrected chi connectivity index (χ3v) is 4.65. The van der Waals surface area contributed by atoms with Crippen LogP contribution in [0.2, 0.25) is 0 Å². The van der Waals surface area contributed by atoms with Crippen molar-refractivity contribution >= 4 is 17.3 Å². The second kappa shape index (κ2) is 6.78. The van der Waals surface area contributed by atoms with E-state index in [1.807, 2.05) is 18.4 Å². The molecular weight excluding hydrogens is 242 g/mol. The van der Waals surface area contributed by atoms with Crippen LogP contribution in [0.5, 0.6) is 0 Å². The van der Waals surface area contributed by atoms with Crippen molar-refractivity contribution in [1.82, 2.24) is 10.6 Å². The lowest BCUT2D eigenvalue weighted by Gasteiger charge is -2.16. The summed E-state index contributed by atoms with van der Waals surface area (Å²) < 4.78 is 0. The fourth-order valence-electron chi connectivity index (χ4n) is 2.34. The molecule has 2 rings (SSSR count). The molecule has 0 unspecified atom stereocenters. The Morgan fingerprint density at radius 2 is 2.06 bits per heavy atom. The number of nitrogens with one attached hydrogen (secondary N) is 2. The Morgan fingerprint density at radius 3 is 2.67 bits per heavy atom. The molecule has 0 spiro atoms. The molecule has 2 N–H and O–H groups in total. The zero-order valence-corrected chi connectivity index (χ0v) is 12.1. The van der Waals surface area contributed by atoms with E-state index in [1.165, 1.54) is 35.4 Å². The van der Waals surface area contributed by atoms with Gasteiger partial charge in [-0.2, -0.15) is 0 Å². The van der Waals surface area contributed by atoms with Crippen molar-refractivity contribution in [3.8, 4) is 0 Å². The molecule has 0 radical (unpaired) electrons. The van der Waals surface area contributed by atoms with Crippen molar-refractivity contribution in [2.75, 3.05) is 7.05 Å². The summed E-state index contributed by atoms with van der Waals surface area (Å²) in [5, 5.41) is 6.90. The molecule has 100 valence electrons. The SMILES string of the molecule is CCc1ccc(CNC(=NC)NC2CCCC2)s1. The first-order valence-electron chi connectivity index (χ1n) is 6.86. The van der Waals surface area contributed by atoms with Crippen molar-refractivity contribution in [3.63, 3.8) is 0 Å². The number of hydrogen-bond donors (Lipinski definition) is 2. The smallest absolute Gasteiger partial charge is 0.191 e. The molecule has 18 heavy (non-hydrogen) atoms. The maximum atomic E-state index is 4.29. The molecule has 1 aliphatic rings. The van der Waals surface area contributed by atoms with E-state index in [0.717, 1.165) is 18.9 Å². The van der Waals surface area contributed by atoms with Crippen LogP contribution in [0, 0.1) is 0 Å². The second-order valence-electron chi connectivity index (χ2n) is 4.77. The Labute approximate surface area is 114 Å². The number of nitrogens with zero attached hydrogens (tertiary/aromatic N) is 1. The molecule has 1 fully saturated rings. The molecule has 1 aromatic heterocycles. The highest BCUT2D eigenvalue weighted by Gasteiger charge is 2.15. The van der Waals surface area contributed by atoms with Gasteiger partial charge >= 0.3 is 0 Å². The number of hydrogen-bond acceptors (Lipinski definition) is 2. The van der Waals surface area contributed by atoms with Crippen LogP contribution in [0.1, 0.15) is 42.4 Å². The first kappa shape index (κ1) is 13.4. The zero-order valence-electron chi connectivity index (χ0n) is 11.3. The van der Waals surface area contributed by atoms with Crippen molar-refractivity contribution in [1.29, 1.82) is 0 Å². The van der Waals surface area contributed by atoms with Crippen LogP contribution in [0.15, 0.2) is 17.1 Å². The van der Waals surface area contributed by atoms with Crippen LogP contribution >= 0.6 is 11.3 Å². The molecule has 0 aromatic carbocycles. The summed E-state index contributed by atoms with van der Waals surface area (Å²) >= 11 is 1.88. The number of aliphatic imine (C=N–C) groups is 1. The van der Waals surface area contributed by atoms with Gasteiger partial charge in [0.1, 0.15) is 0 Å². The average Bonchev–Trinajstić information content (AvgIpc) is 3.05. The summed E-state index contributed by atoms with van der Waals surface area (Å²) in [6.07, 6.45) is 6.37. The number of guanidine groups is 1. The Morgan fingerprint density at radius 1 is 1.33 bits per heavy atom. The van der Waals surface area contributed by atoms with Gasteiger partial charge in [-0.25, -0.2) is 0 Å². The zero-order chi connectivity index (χ0) is 12.8. The van der Waals surface area contributed by atoms with E-state index in [2.05, 4.69) is 34.7 Å². The summed E-state index contributed by atoms with van der Waals surface area (Å²) in [4.78, 5) is 7.12. The number of rotatable bonds is 4. The second-order valence-corrected chi connectivity index (χ2v) is 6.03. The predicted octanol–water partition coefficient (Wildman–Crippen LogP) is 2.92. The van der Waals surface area contributed by atoms with E-state index < -0.39 is 0 Å². The minimum atomic E-state index is 0.616. The highest BCUT2D eigenvalue weighted by atomic mass is 32.1. The van der Waals surface area contributed by atoms with Crippen LogP contribution in [-0.4, -0.2) is 19.0 Å². The Kier molecular flexibility index (Phi) is 5.05. The maximum absolute atomic E-state index is 4.29. The maximum Gasteiger partial charge on any atom is 0.191 e. The third kappa shape index (κ3) is 3.73. The Balaban J connectivity index is 1.79. The highest BCUT2D eigenvalue weighted by molar-refractivity contribution is 7.11. The fourth-order valence-corrected chi connectivity index (χ4v) is 3.23. The molecule has 0 bridgehead atoms. The molecule has 1 aliphatic carbocycles. The molecule has 1 saturated carbocycles. The molecule has 0 atom stereocenters. The van der Waals surface area contributed by atoms with Gasteiger partial charge in [0.2, 0.25) is 0 Å². The third-order valence-electron chi connectivity index (χ3n) is 3.42. The van der Waals surface area contributed by atoms with Gasteiger partial charge in [0.15, 0.2) is 5.96 Å². The van der Waals surface area contributed by atoms with Gasteiger partial charge in [0, 0.05) is 22.8 Å². The lowest BCUT2D eigenvalue weighted by atomic mass is 10.2. The fraction of sp³-hybridized carbons (Fsp3) is 0.643.